The van der Waals surface area contributed by atoms with E-state index in [1.807, 2.05) is 0 Å². The number of carbonyl (C=O) groups is 3. The van der Waals surface area contributed by atoms with E-state index in [1.54, 1.807) is 24.5 Å². The molecule has 0 saturated heterocycles. The molecule has 30 heavy (non-hydrogen) atoms. The summed E-state index contributed by atoms with van der Waals surface area (Å²) in [5.41, 5.74) is 1.65. The van der Waals surface area contributed by atoms with E-state index in [9.17, 15) is 19.6 Å². The minimum Gasteiger partial charge on any atom is -0.479 e. The maximum absolute atomic E-state index is 11.9. The van der Waals surface area contributed by atoms with Crippen molar-refractivity contribution < 1.29 is 49.1 Å². The first-order chi connectivity index (χ1) is 14.2. The lowest BCUT2D eigenvalue weighted by atomic mass is 10.2. The molecule has 13 nitrogen and oxygen atoms in total. The van der Waals surface area contributed by atoms with Crippen LogP contribution >= 0.6 is 0 Å². The Labute approximate surface area is 166 Å². The van der Waals surface area contributed by atoms with Gasteiger partial charge in [-0.2, -0.15) is 0 Å². The molecule has 0 bridgehead atoms. The lowest BCUT2D eigenvalue weighted by molar-refractivity contribution is -0.782. The average Bonchev–Trinajstić information content (AvgIpc) is 3.12. The second-order valence-electron chi connectivity index (χ2n) is 5.64. The van der Waals surface area contributed by atoms with E-state index in [2.05, 4.69) is 14.8 Å². The van der Waals surface area contributed by atoms with Gasteiger partial charge in [0.05, 0.1) is 5.56 Å². The third-order valence-corrected chi connectivity index (χ3v) is 3.52. The molecule has 2 atom stereocenters. The molecule has 2 heterocycles. The molecule has 13 heteroatoms. The molecule has 0 aliphatic rings. The smallest absolute Gasteiger partial charge is 0.338 e. The van der Waals surface area contributed by atoms with E-state index in [4.69, 9.17) is 25.2 Å². The largest absolute Gasteiger partial charge is 0.479 e. The third kappa shape index (κ3) is 5.70. The molecule has 0 aliphatic heterocycles. The zero-order chi connectivity index (χ0) is 22.3. The molecular formula is C17H15N3O10. The molecule has 0 saturated carbocycles. The molecule has 4 N–H and O–H groups in total. The second-order valence-corrected chi connectivity index (χ2v) is 5.64. The number of esters is 1. The number of carboxylic acid groups (broad SMARTS) is 2. The summed E-state index contributed by atoms with van der Waals surface area (Å²) >= 11 is 0. The summed E-state index contributed by atoms with van der Waals surface area (Å²) in [7, 11) is 0. The number of aliphatic hydroxyl groups excluding tert-OH is 2. The van der Waals surface area contributed by atoms with E-state index in [0.717, 1.165) is 5.56 Å². The maximum atomic E-state index is 11.9. The van der Waals surface area contributed by atoms with E-state index in [0.29, 0.717) is 11.1 Å². The monoisotopic (exact) mass is 421 g/mol. The first-order valence-electron chi connectivity index (χ1n) is 8.08. The summed E-state index contributed by atoms with van der Waals surface area (Å²) in [6, 6.07) is 7.96. The van der Waals surface area contributed by atoms with Gasteiger partial charge in [-0.1, -0.05) is 6.07 Å². The molecule has 2 aromatic heterocycles. The molecule has 1 aromatic carbocycles. The van der Waals surface area contributed by atoms with Gasteiger partial charge in [0.15, 0.2) is 12.2 Å². The molecule has 0 fully saturated rings. The number of aromatic nitrogens is 3. The van der Waals surface area contributed by atoms with Gasteiger partial charge in [0, 0.05) is 29.2 Å². The third-order valence-electron chi connectivity index (χ3n) is 3.52. The molecule has 0 spiro atoms. The number of benzene rings is 1. The van der Waals surface area contributed by atoms with Crippen molar-refractivity contribution in [2.45, 2.75) is 18.8 Å². The fourth-order valence-corrected chi connectivity index (χ4v) is 1.99. The van der Waals surface area contributed by atoms with Crippen LogP contribution in [0.25, 0.3) is 11.0 Å². The maximum Gasteiger partial charge on any atom is 0.338 e. The van der Waals surface area contributed by atoms with Gasteiger partial charge < -0.3 is 30.4 Å². The van der Waals surface area contributed by atoms with Gasteiger partial charge in [-0.25, -0.2) is 14.4 Å². The normalized spacial score (nSPS) is 12.3. The molecule has 0 aliphatic carbocycles. The number of carbonyl (C=O) groups excluding carboxylic acids is 1. The standard InChI is InChI=1S/C13H9N3O4.C4H6O6/c17-13(19-8-9-2-1-5-14-7-9)10-3-4-12-11(6-10)15-20-16(12)18;5-1(3(7)8)2(6)4(9)10/h1-7H,8H2;1-2,5-6H,(H,7,8)(H,9,10). The van der Waals surface area contributed by atoms with Crippen LogP contribution < -0.4 is 4.90 Å². The number of hydrogen-bond donors (Lipinski definition) is 4. The summed E-state index contributed by atoms with van der Waals surface area (Å²) in [6.07, 6.45) is -1.27. The van der Waals surface area contributed by atoms with Crippen LogP contribution in [0.3, 0.4) is 0 Å². The van der Waals surface area contributed by atoms with Crippen molar-refractivity contribution in [3.8, 4) is 0 Å². The van der Waals surface area contributed by atoms with Gasteiger partial charge in [0.1, 0.15) is 6.61 Å². The Kier molecular flexibility index (Phi) is 7.32. The number of ether oxygens (including phenoxy) is 1. The van der Waals surface area contributed by atoms with Crippen LogP contribution in [0.5, 0.6) is 0 Å². The summed E-state index contributed by atoms with van der Waals surface area (Å²) in [5.74, 6) is -4.04. The predicted molar refractivity (Wildman–Crippen MR) is 93.6 cm³/mol. The molecular weight excluding hydrogens is 406 g/mol. The van der Waals surface area contributed by atoms with Crippen LogP contribution in [0.1, 0.15) is 15.9 Å². The van der Waals surface area contributed by atoms with Crippen LogP contribution in [-0.4, -0.2) is 60.7 Å². The summed E-state index contributed by atoms with van der Waals surface area (Å²) in [4.78, 5) is 35.6. The molecule has 0 radical (unpaired) electrons. The summed E-state index contributed by atoms with van der Waals surface area (Å²) in [5, 5.41) is 47.2. The molecule has 0 amide bonds. The number of carboxylic acids is 2. The Morgan fingerprint density at radius 1 is 1.13 bits per heavy atom. The molecule has 3 rings (SSSR count). The van der Waals surface area contributed by atoms with Gasteiger partial charge in [0.2, 0.25) is 11.0 Å². The SMILES string of the molecule is O=C(O)C(O)C(O)C(=O)O.O=C(OCc1cccnc1)c1ccc2c(c1)no[n+]2[O-]. The number of pyridine rings is 1. The Bertz CT molecular complexity index is 1020. The number of nitrogens with zero attached hydrogens (tertiary/aromatic N) is 3. The second kappa shape index (κ2) is 9.90. The van der Waals surface area contributed by atoms with Crippen molar-refractivity contribution in [3.63, 3.8) is 0 Å². The topological polar surface area (TPSA) is 207 Å². The van der Waals surface area contributed by atoms with Crippen LogP contribution in [0.15, 0.2) is 47.4 Å². The number of rotatable bonds is 6. The lowest BCUT2D eigenvalue weighted by Gasteiger charge is -2.07. The van der Waals surface area contributed by atoms with Gasteiger partial charge >= 0.3 is 17.9 Å². The fraction of sp³-hybridized carbons (Fsp3) is 0.176. The van der Waals surface area contributed by atoms with E-state index >= 15 is 0 Å². The zero-order valence-corrected chi connectivity index (χ0v) is 15.0. The number of aliphatic hydroxyl groups is 2. The Hall–Kier alpha value is -4.10. The minimum atomic E-state index is -2.27. The molecule has 2 unspecified atom stereocenters. The van der Waals surface area contributed by atoms with Crippen molar-refractivity contribution in [1.29, 1.82) is 0 Å². The summed E-state index contributed by atoms with van der Waals surface area (Å²) in [6.45, 7) is 0.130. The zero-order valence-electron chi connectivity index (χ0n) is 15.0. The number of hydrogen-bond acceptors (Lipinski definition) is 10. The number of aliphatic carboxylic acids is 2. The van der Waals surface area contributed by atoms with Crippen molar-refractivity contribution in [1.82, 2.24) is 10.1 Å². The van der Waals surface area contributed by atoms with Crippen LogP contribution in [0, 0.1) is 5.21 Å². The Balaban J connectivity index is 0.000000274. The van der Waals surface area contributed by atoms with Gasteiger partial charge in [-0.05, 0) is 23.1 Å². The predicted octanol–water partition coefficient (Wildman–Crippen LogP) is -0.909. The van der Waals surface area contributed by atoms with E-state index in [-0.39, 0.29) is 17.0 Å². The van der Waals surface area contributed by atoms with Gasteiger partial charge in [-0.15, -0.1) is 0 Å². The molecule has 3 aromatic rings. The van der Waals surface area contributed by atoms with Crippen molar-refractivity contribution in [2.75, 3.05) is 0 Å². The van der Waals surface area contributed by atoms with Gasteiger partial charge in [0.25, 0.3) is 0 Å². The highest BCUT2D eigenvalue weighted by molar-refractivity contribution is 5.92. The van der Waals surface area contributed by atoms with Crippen molar-refractivity contribution in [3.05, 3.63) is 59.1 Å². The highest BCUT2D eigenvalue weighted by atomic mass is 16.8. The van der Waals surface area contributed by atoms with E-state index < -0.39 is 30.1 Å². The fourth-order valence-electron chi connectivity index (χ4n) is 1.99. The highest BCUT2D eigenvalue weighted by Gasteiger charge is 2.29. The number of fused-ring (bicyclic) bond motifs is 1. The quantitative estimate of drug-likeness (QED) is 0.282. The molecule has 158 valence electrons. The average molecular weight is 421 g/mol. The first-order valence-corrected chi connectivity index (χ1v) is 8.08. The van der Waals surface area contributed by atoms with Crippen molar-refractivity contribution in [2.24, 2.45) is 0 Å². The summed E-state index contributed by atoms with van der Waals surface area (Å²) < 4.78 is 9.58. The van der Waals surface area contributed by atoms with Crippen LogP contribution in [-0.2, 0) is 20.9 Å². The Morgan fingerprint density at radius 3 is 2.37 bits per heavy atom. The van der Waals surface area contributed by atoms with E-state index in [1.165, 1.54) is 18.2 Å². The lowest BCUT2D eigenvalue weighted by Crippen LogP contribution is -2.39. The Morgan fingerprint density at radius 2 is 1.80 bits per heavy atom. The minimum absolute atomic E-state index is 0.130. The van der Waals surface area contributed by atoms with Crippen LogP contribution in [0.4, 0.5) is 0 Å². The van der Waals surface area contributed by atoms with Crippen molar-refractivity contribution >= 4 is 28.9 Å². The first kappa shape index (κ1) is 22.2. The van der Waals surface area contributed by atoms with Gasteiger partial charge in [-0.3, -0.25) is 9.61 Å². The van der Waals surface area contributed by atoms with Crippen LogP contribution in [0.2, 0.25) is 0 Å². The highest BCUT2D eigenvalue weighted by Crippen LogP contribution is 2.12.